The highest BCUT2D eigenvalue weighted by Crippen LogP contribution is 2.32. The summed E-state index contributed by atoms with van der Waals surface area (Å²) in [4.78, 5) is 52.3. The van der Waals surface area contributed by atoms with Gasteiger partial charge in [-0.2, -0.15) is 0 Å². The van der Waals surface area contributed by atoms with Crippen molar-refractivity contribution in [2.45, 2.75) is 13.0 Å². The predicted molar refractivity (Wildman–Crippen MR) is 112 cm³/mol. The van der Waals surface area contributed by atoms with Crippen molar-refractivity contribution in [3.8, 4) is 17.3 Å². The van der Waals surface area contributed by atoms with Gasteiger partial charge in [-0.15, -0.1) is 0 Å². The van der Waals surface area contributed by atoms with Crippen LogP contribution in [0.25, 0.3) is 22.5 Å². The lowest BCUT2D eigenvalue weighted by molar-refractivity contribution is -0.138. The van der Waals surface area contributed by atoms with E-state index in [0.717, 1.165) is 4.90 Å². The lowest BCUT2D eigenvalue weighted by Gasteiger charge is -2.21. The van der Waals surface area contributed by atoms with Gasteiger partial charge >= 0.3 is 5.97 Å². The largest absolute Gasteiger partial charge is 0.461 e. The van der Waals surface area contributed by atoms with E-state index < -0.39 is 29.3 Å². The van der Waals surface area contributed by atoms with E-state index in [4.69, 9.17) is 13.6 Å². The van der Waals surface area contributed by atoms with Gasteiger partial charge in [-0.25, -0.2) is 4.79 Å². The van der Waals surface area contributed by atoms with Crippen LogP contribution in [0.2, 0.25) is 0 Å². The summed E-state index contributed by atoms with van der Waals surface area (Å²) in [6.45, 7) is 1.36. The van der Waals surface area contributed by atoms with Crippen molar-refractivity contribution in [2.24, 2.45) is 0 Å². The summed E-state index contributed by atoms with van der Waals surface area (Å²) >= 11 is 0. The van der Waals surface area contributed by atoms with E-state index in [1.165, 1.54) is 31.4 Å². The molecule has 0 N–H and O–H groups in total. The molecule has 2 amide bonds. The summed E-state index contributed by atoms with van der Waals surface area (Å²) in [6.07, 6.45) is 1.39. The van der Waals surface area contributed by atoms with Crippen LogP contribution in [0.15, 0.2) is 80.6 Å². The van der Waals surface area contributed by atoms with E-state index in [0.29, 0.717) is 0 Å². The third kappa shape index (κ3) is 2.92. The molecule has 0 unspecified atom stereocenters. The average molecular weight is 429 g/mol. The van der Waals surface area contributed by atoms with Gasteiger partial charge in [0.05, 0.1) is 22.8 Å². The van der Waals surface area contributed by atoms with Crippen molar-refractivity contribution in [3.05, 3.63) is 88.3 Å². The first kappa shape index (κ1) is 19.5. The second kappa shape index (κ2) is 7.35. The molecule has 5 rings (SSSR count). The number of rotatable bonds is 4. The molecule has 0 radical (unpaired) electrons. The zero-order chi connectivity index (χ0) is 22.4. The van der Waals surface area contributed by atoms with Gasteiger partial charge < -0.3 is 13.6 Å². The second-order valence-corrected chi connectivity index (χ2v) is 7.19. The Labute approximate surface area is 180 Å². The zero-order valence-electron chi connectivity index (χ0n) is 16.7. The van der Waals surface area contributed by atoms with Crippen molar-refractivity contribution >= 4 is 28.8 Å². The first-order valence-electron chi connectivity index (χ1n) is 9.75. The van der Waals surface area contributed by atoms with Crippen molar-refractivity contribution in [3.63, 3.8) is 0 Å². The molecule has 3 heterocycles. The molecular formula is C24H15NO7. The lowest BCUT2D eigenvalue weighted by atomic mass is 10.1. The number of para-hydroxylation sites is 1. The van der Waals surface area contributed by atoms with Gasteiger partial charge in [-0.1, -0.05) is 24.3 Å². The first-order chi connectivity index (χ1) is 15.5. The Morgan fingerprint density at radius 2 is 1.56 bits per heavy atom. The fourth-order valence-corrected chi connectivity index (χ4v) is 3.64. The smallest absolute Gasteiger partial charge is 0.334 e. The van der Waals surface area contributed by atoms with Crippen molar-refractivity contribution in [1.29, 1.82) is 0 Å². The molecule has 4 aromatic rings. The maximum absolute atomic E-state index is 13.1. The Hall–Kier alpha value is -4.46. The van der Waals surface area contributed by atoms with E-state index in [1.54, 1.807) is 42.5 Å². The third-order valence-electron chi connectivity index (χ3n) is 5.26. The average Bonchev–Trinajstić information content (AvgIpc) is 3.43. The maximum atomic E-state index is 13.1. The molecule has 32 heavy (non-hydrogen) atoms. The minimum atomic E-state index is -1.28. The normalized spacial score (nSPS) is 14.0. The van der Waals surface area contributed by atoms with Crippen LogP contribution >= 0.6 is 0 Å². The first-order valence-corrected chi connectivity index (χ1v) is 9.75. The van der Waals surface area contributed by atoms with Crippen LogP contribution in [0.4, 0.5) is 0 Å². The number of carbonyl (C=O) groups excluding carboxylic acids is 3. The topological polar surface area (TPSA) is 107 Å². The van der Waals surface area contributed by atoms with Crippen LogP contribution in [0.3, 0.4) is 0 Å². The molecular weight excluding hydrogens is 414 g/mol. The molecule has 0 saturated heterocycles. The monoisotopic (exact) mass is 429 g/mol. The summed E-state index contributed by atoms with van der Waals surface area (Å²) in [7, 11) is 0. The molecule has 0 saturated carbocycles. The molecule has 0 fully saturated rings. The fraction of sp³-hybridized carbons (Fsp3) is 0.0833. The van der Waals surface area contributed by atoms with Gasteiger partial charge in [0.15, 0.2) is 5.76 Å². The number of ether oxygens (including phenoxy) is 1. The van der Waals surface area contributed by atoms with Crippen molar-refractivity contribution < 1.29 is 28.0 Å². The molecule has 8 nitrogen and oxygen atoms in total. The highest BCUT2D eigenvalue weighted by molar-refractivity contribution is 6.22. The molecule has 0 bridgehead atoms. The standard InChI is InChI=1S/C24H15NO7/c1-13(25-22(27)14-7-2-3-8-15(14)23(25)28)24(29)32-21-19(26)16-9-4-5-10-17(16)31-20(21)18-11-6-12-30-18/h2-13H,1H3/t13-/m0/s1. The van der Waals surface area contributed by atoms with Crippen LogP contribution in [0.5, 0.6) is 5.75 Å². The van der Waals surface area contributed by atoms with Gasteiger partial charge in [0.25, 0.3) is 11.8 Å². The van der Waals surface area contributed by atoms with Gasteiger partial charge in [-0.05, 0) is 43.3 Å². The van der Waals surface area contributed by atoms with E-state index in [-0.39, 0.29) is 39.4 Å². The molecule has 2 aromatic carbocycles. The van der Waals surface area contributed by atoms with E-state index in [9.17, 15) is 19.2 Å². The summed E-state index contributed by atoms with van der Waals surface area (Å²) in [5.41, 5.74) is 0.121. The molecule has 0 spiro atoms. The number of hydrogen-bond donors (Lipinski definition) is 0. The number of esters is 1. The Kier molecular flexibility index (Phi) is 4.48. The Balaban J connectivity index is 1.54. The molecule has 1 aliphatic heterocycles. The molecule has 1 aliphatic rings. The molecule has 1 atom stereocenters. The van der Waals surface area contributed by atoms with Crippen LogP contribution in [-0.4, -0.2) is 28.7 Å². The zero-order valence-corrected chi connectivity index (χ0v) is 16.7. The fourth-order valence-electron chi connectivity index (χ4n) is 3.64. The van der Waals surface area contributed by atoms with Crippen LogP contribution in [0, 0.1) is 0 Å². The van der Waals surface area contributed by atoms with Crippen LogP contribution in [-0.2, 0) is 4.79 Å². The quantitative estimate of drug-likeness (QED) is 0.360. The summed E-state index contributed by atoms with van der Waals surface area (Å²) in [6, 6.07) is 14.7. The van der Waals surface area contributed by atoms with Crippen LogP contribution < -0.4 is 10.2 Å². The number of furan rings is 1. The third-order valence-corrected chi connectivity index (χ3v) is 5.26. The Morgan fingerprint density at radius 3 is 2.22 bits per heavy atom. The molecule has 2 aromatic heterocycles. The number of carbonyl (C=O) groups is 3. The number of nitrogens with zero attached hydrogens (tertiary/aromatic N) is 1. The SMILES string of the molecule is C[C@@H](C(=O)Oc1c(-c2ccco2)oc2ccccc2c1=O)N1C(=O)c2ccccc2C1=O. The minimum Gasteiger partial charge on any atom is -0.461 e. The van der Waals surface area contributed by atoms with Gasteiger partial charge in [0.1, 0.15) is 11.6 Å². The maximum Gasteiger partial charge on any atom is 0.334 e. The minimum absolute atomic E-state index is 0.0680. The summed E-state index contributed by atoms with van der Waals surface area (Å²) < 4.78 is 16.6. The second-order valence-electron chi connectivity index (χ2n) is 7.19. The van der Waals surface area contributed by atoms with E-state index in [2.05, 4.69) is 0 Å². The molecule has 158 valence electrons. The Morgan fingerprint density at radius 1 is 0.906 bits per heavy atom. The van der Waals surface area contributed by atoms with E-state index in [1.807, 2.05) is 0 Å². The van der Waals surface area contributed by atoms with Crippen molar-refractivity contribution in [2.75, 3.05) is 0 Å². The van der Waals surface area contributed by atoms with E-state index >= 15 is 0 Å². The van der Waals surface area contributed by atoms with Gasteiger partial charge in [0.2, 0.25) is 16.9 Å². The molecule has 8 heteroatoms. The van der Waals surface area contributed by atoms with Gasteiger partial charge in [0, 0.05) is 0 Å². The summed E-state index contributed by atoms with van der Waals surface area (Å²) in [5, 5.41) is 0.207. The number of imide groups is 1. The highest BCUT2D eigenvalue weighted by Gasteiger charge is 2.41. The number of hydrogen-bond acceptors (Lipinski definition) is 7. The van der Waals surface area contributed by atoms with Gasteiger partial charge in [-0.3, -0.25) is 19.3 Å². The predicted octanol–water partition coefficient (Wildman–Crippen LogP) is 3.64. The highest BCUT2D eigenvalue weighted by atomic mass is 16.5. The number of amides is 2. The lowest BCUT2D eigenvalue weighted by Crippen LogP contribution is -2.45. The number of benzene rings is 2. The number of fused-ring (bicyclic) bond motifs is 2. The Bertz CT molecular complexity index is 1410. The summed E-state index contributed by atoms with van der Waals surface area (Å²) in [5.74, 6) is -2.44. The molecule has 0 aliphatic carbocycles. The van der Waals surface area contributed by atoms with Crippen molar-refractivity contribution in [1.82, 2.24) is 4.90 Å². The van der Waals surface area contributed by atoms with Crippen LogP contribution in [0.1, 0.15) is 27.6 Å².